The lowest BCUT2D eigenvalue weighted by Gasteiger charge is -2.30. The molecule has 0 bridgehead atoms. The van der Waals surface area contributed by atoms with Gasteiger partial charge >= 0.3 is 0 Å². The van der Waals surface area contributed by atoms with Gasteiger partial charge in [-0.3, -0.25) is 9.69 Å². The van der Waals surface area contributed by atoms with Gasteiger partial charge in [0, 0.05) is 37.0 Å². The van der Waals surface area contributed by atoms with Gasteiger partial charge in [0.2, 0.25) is 15.9 Å². The molecule has 132 valence electrons. The van der Waals surface area contributed by atoms with Crippen molar-refractivity contribution < 1.29 is 13.2 Å². The minimum atomic E-state index is -3.50. The number of hydrogen-bond donors (Lipinski definition) is 2. The van der Waals surface area contributed by atoms with E-state index in [0.29, 0.717) is 31.7 Å². The number of hydrogen-bond acceptors (Lipinski definition) is 5. The maximum absolute atomic E-state index is 12.3. The standard InChI is InChI=1S/C15H27N3O3S2/c1-11(2)18(12(3)4)9-8-17-23(20,21)15-7-6-14(22-15)10-16-13(5)19/h6-7,11-12,17H,8-10H2,1-5H3,(H,16,19). The molecule has 0 aliphatic rings. The lowest BCUT2D eigenvalue weighted by molar-refractivity contribution is -0.119. The Hall–Kier alpha value is -0.960. The maximum atomic E-state index is 12.3. The Bertz CT molecular complexity index is 601. The monoisotopic (exact) mass is 361 g/mol. The van der Waals surface area contributed by atoms with Gasteiger partial charge in [0.15, 0.2) is 0 Å². The van der Waals surface area contributed by atoms with Gasteiger partial charge in [-0.05, 0) is 39.8 Å². The molecular formula is C15H27N3O3S2. The fourth-order valence-electron chi connectivity index (χ4n) is 2.30. The largest absolute Gasteiger partial charge is 0.351 e. The molecule has 1 rings (SSSR count). The molecule has 1 aromatic heterocycles. The first-order valence-electron chi connectivity index (χ1n) is 7.72. The average molecular weight is 362 g/mol. The Morgan fingerprint density at radius 2 is 1.83 bits per heavy atom. The van der Waals surface area contributed by atoms with Gasteiger partial charge in [-0.2, -0.15) is 0 Å². The third-order valence-corrected chi connectivity index (χ3v) is 6.44. The van der Waals surface area contributed by atoms with Gasteiger partial charge in [0.05, 0.1) is 6.54 Å². The van der Waals surface area contributed by atoms with Gasteiger partial charge in [0.25, 0.3) is 0 Å². The molecule has 6 nitrogen and oxygen atoms in total. The van der Waals surface area contributed by atoms with Crippen LogP contribution in [-0.4, -0.2) is 44.4 Å². The van der Waals surface area contributed by atoms with Crippen LogP contribution >= 0.6 is 11.3 Å². The Balaban J connectivity index is 2.60. The minimum Gasteiger partial charge on any atom is -0.351 e. The highest BCUT2D eigenvalue weighted by Crippen LogP contribution is 2.21. The van der Waals surface area contributed by atoms with Crippen molar-refractivity contribution >= 4 is 27.3 Å². The van der Waals surface area contributed by atoms with Gasteiger partial charge < -0.3 is 5.32 Å². The Morgan fingerprint density at radius 1 is 1.22 bits per heavy atom. The van der Waals surface area contributed by atoms with E-state index in [2.05, 4.69) is 42.6 Å². The average Bonchev–Trinajstić information content (AvgIpc) is 2.90. The van der Waals surface area contributed by atoms with Gasteiger partial charge in [-0.1, -0.05) is 0 Å². The van der Waals surface area contributed by atoms with Crippen LogP contribution in [0.4, 0.5) is 0 Å². The minimum absolute atomic E-state index is 0.136. The molecule has 23 heavy (non-hydrogen) atoms. The number of nitrogens with one attached hydrogen (secondary N) is 2. The van der Waals surface area contributed by atoms with E-state index in [1.165, 1.54) is 18.3 Å². The van der Waals surface area contributed by atoms with Crippen LogP contribution in [0.25, 0.3) is 0 Å². The summed E-state index contributed by atoms with van der Waals surface area (Å²) in [5.41, 5.74) is 0. The van der Waals surface area contributed by atoms with Crippen molar-refractivity contribution in [1.29, 1.82) is 0 Å². The van der Waals surface area contributed by atoms with Gasteiger partial charge in [0.1, 0.15) is 4.21 Å². The third-order valence-electron chi connectivity index (χ3n) is 3.40. The summed E-state index contributed by atoms with van der Waals surface area (Å²) in [6, 6.07) is 4.03. The van der Waals surface area contributed by atoms with E-state index < -0.39 is 10.0 Å². The van der Waals surface area contributed by atoms with Gasteiger partial charge in [-0.25, -0.2) is 13.1 Å². The van der Waals surface area contributed by atoms with Crippen LogP contribution in [0.1, 0.15) is 39.5 Å². The zero-order valence-electron chi connectivity index (χ0n) is 14.4. The van der Waals surface area contributed by atoms with Crippen LogP contribution in [-0.2, 0) is 21.4 Å². The molecule has 1 amide bonds. The molecule has 0 aromatic carbocycles. The summed E-state index contributed by atoms with van der Waals surface area (Å²) >= 11 is 1.17. The molecule has 0 spiro atoms. The van der Waals surface area contributed by atoms with E-state index in [1.807, 2.05) is 0 Å². The molecule has 0 fully saturated rings. The molecule has 1 aromatic rings. The van der Waals surface area contributed by atoms with Crippen molar-refractivity contribution in [3.63, 3.8) is 0 Å². The van der Waals surface area contributed by atoms with Gasteiger partial charge in [-0.15, -0.1) is 11.3 Å². The van der Waals surface area contributed by atoms with Crippen molar-refractivity contribution in [3.8, 4) is 0 Å². The Labute approximate surface area is 143 Å². The van der Waals surface area contributed by atoms with Crippen LogP contribution in [0.3, 0.4) is 0 Å². The number of sulfonamides is 1. The first-order valence-corrected chi connectivity index (χ1v) is 10.0. The highest BCUT2D eigenvalue weighted by Gasteiger charge is 2.18. The van der Waals surface area contributed by atoms with Crippen LogP contribution in [0.5, 0.6) is 0 Å². The van der Waals surface area contributed by atoms with Crippen molar-refractivity contribution in [3.05, 3.63) is 17.0 Å². The smallest absolute Gasteiger partial charge is 0.250 e. The SMILES string of the molecule is CC(=O)NCc1ccc(S(=O)(=O)NCCN(C(C)C)C(C)C)s1. The van der Waals surface area contributed by atoms with E-state index in [1.54, 1.807) is 12.1 Å². The molecule has 0 saturated carbocycles. The number of thiophene rings is 1. The summed E-state index contributed by atoms with van der Waals surface area (Å²) in [4.78, 5) is 13.9. The second kappa shape index (κ2) is 8.77. The summed E-state index contributed by atoms with van der Waals surface area (Å²) < 4.78 is 27.5. The molecule has 1 heterocycles. The number of rotatable bonds is 9. The van der Waals surface area contributed by atoms with Crippen molar-refractivity contribution in [2.75, 3.05) is 13.1 Å². The highest BCUT2D eigenvalue weighted by molar-refractivity contribution is 7.91. The van der Waals surface area contributed by atoms with E-state index in [9.17, 15) is 13.2 Å². The first kappa shape index (κ1) is 20.1. The predicted octanol–water partition coefficient (Wildman–Crippen LogP) is 1.78. The van der Waals surface area contributed by atoms with Crippen LogP contribution < -0.4 is 10.0 Å². The van der Waals surface area contributed by atoms with E-state index >= 15 is 0 Å². The van der Waals surface area contributed by atoms with Crippen LogP contribution in [0.2, 0.25) is 0 Å². The number of carbonyl (C=O) groups is 1. The van der Waals surface area contributed by atoms with Crippen molar-refractivity contribution in [2.45, 2.75) is 57.5 Å². The summed E-state index contributed by atoms with van der Waals surface area (Å²) in [6.45, 7) is 11.2. The number of amides is 1. The van der Waals surface area contributed by atoms with Crippen LogP contribution in [0.15, 0.2) is 16.3 Å². The Morgan fingerprint density at radius 3 is 2.35 bits per heavy atom. The van der Waals surface area contributed by atoms with E-state index in [4.69, 9.17) is 0 Å². The summed E-state index contributed by atoms with van der Waals surface area (Å²) in [6.07, 6.45) is 0. The molecule has 2 N–H and O–H groups in total. The molecule has 0 saturated heterocycles. The fourth-order valence-corrected chi connectivity index (χ4v) is 4.66. The number of nitrogens with zero attached hydrogens (tertiary/aromatic N) is 1. The second-order valence-electron chi connectivity index (χ2n) is 5.95. The van der Waals surface area contributed by atoms with Crippen molar-refractivity contribution in [1.82, 2.24) is 14.9 Å². The van der Waals surface area contributed by atoms with E-state index in [-0.39, 0.29) is 10.1 Å². The zero-order valence-corrected chi connectivity index (χ0v) is 16.1. The summed E-state index contributed by atoms with van der Waals surface area (Å²) in [5, 5.41) is 2.66. The van der Waals surface area contributed by atoms with Crippen molar-refractivity contribution in [2.24, 2.45) is 0 Å². The lowest BCUT2D eigenvalue weighted by atomic mass is 10.2. The molecule has 0 aliphatic carbocycles. The number of carbonyl (C=O) groups excluding carboxylic acids is 1. The lowest BCUT2D eigenvalue weighted by Crippen LogP contribution is -2.42. The molecule has 0 atom stereocenters. The third kappa shape index (κ3) is 6.58. The molecule has 0 aliphatic heterocycles. The predicted molar refractivity (Wildman–Crippen MR) is 94.0 cm³/mol. The zero-order chi connectivity index (χ0) is 17.6. The second-order valence-corrected chi connectivity index (χ2v) is 9.12. The fraction of sp³-hybridized carbons (Fsp3) is 0.667. The topological polar surface area (TPSA) is 78.5 Å². The molecular weight excluding hydrogens is 334 g/mol. The Kier molecular flexibility index (Phi) is 7.66. The molecule has 0 unspecified atom stereocenters. The summed E-state index contributed by atoms with van der Waals surface area (Å²) in [5.74, 6) is -0.136. The maximum Gasteiger partial charge on any atom is 0.250 e. The molecule has 8 heteroatoms. The summed E-state index contributed by atoms with van der Waals surface area (Å²) in [7, 11) is -3.50. The van der Waals surface area contributed by atoms with E-state index in [0.717, 1.165) is 4.88 Å². The first-order chi connectivity index (χ1) is 10.6. The normalized spacial score (nSPS) is 12.3. The van der Waals surface area contributed by atoms with Crippen LogP contribution in [0, 0.1) is 0 Å². The molecule has 0 radical (unpaired) electrons. The highest BCUT2D eigenvalue weighted by atomic mass is 32.2. The quantitative estimate of drug-likeness (QED) is 0.703.